The summed E-state index contributed by atoms with van der Waals surface area (Å²) in [6.07, 6.45) is 3.55. The van der Waals surface area contributed by atoms with Crippen molar-refractivity contribution >= 4 is 16.8 Å². The van der Waals surface area contributed by atoms with E-state index in [0.29, 0.717) is 6.54 Å². The van der Waals surface area contributed by atoms with Gasteiger partial charge in [-0.15, -0.1) is 0 Å². The standard InChI is InChI=1S/C26H27N3O/c1-18(2)29(17-20-13-15-27-16-14-20)26(30)19(3)24-22-11-7-8-12-23(22)28-25(24)21-9-5-4-6-10-21/h4-16,18-19,28H,17H2,1-3H3. The van der Waals surface area contributed by atoms with Crippen molar-refractivity contribution in [3.05, 3.63) is 90.3 Å². The van der Waals surface area contributed by atoms with Crippen LogP contribution in [-0.4, -0.2) is 26.8 Å². The van der Waals surface area contributed by atoms with Crippen molar-refractivity contribution < 1.29 is 4.79 Å². The van der Waals surface area contributed by atoms with Crippen molar-refractivity contribution in [1.29, 1.82) is 0 Å². The first-order valence-corrected chi connectivity index (χ1v) is 10.4. The molecule has 1 N–H and O–H groups in total. The lowest BCUT2D eigenvalue weighted by Gasteiger charge is -2.30. The summed E-state index contributed by atoms with van der Waals surface area (Å²) in [7, 11) is 0. The number of nitrogens with zero attached hydrogens (tertiary/aromatic N) is 2. The number of rotatable bonds is 6. The Balaban J connectivity index is 1.76. The fourth-order valence-corrected chi connectivity index (χ4v) is 4.02. The lowest BCUT2D eigenvalue weighted by molar-refractivity contribution is -0.134. The van der Waals surface area contributed by atoms with Crippen LogP contribution in [0.4, 0.5) is 0 Å². The maximum absolute atomic E-state index is 13.7. The smallest absolute Gasteiger partial charge is 0.230 e. The molecular weight excluding hydrogens is 370 g/mol. The van der Waals surface area contributed by atoms with Crippen LogP contribution in [0.1, 0.15) is 37.8 Å². The molecule has 0 radical (unpaired) electrons. The third-order valence-electron chi connectivity index (χ3n) is 5.62. The van der Waals surface area contributed by atoms with Crippen molar-refractivity contribution in [2.75, 3.05) is 0 Å². The number of hydrogen-bond donors (Lipinski definition) is 1. The van der Waals surface area contributed by atoms with Crippen molar-refractivity contribution in [3.8, 4) is 11.3 Å². The van der Waals surface area contributed by atoms with Crippen LogP contribution in [0.25, 0.3) is 22.2 Å². The molecule has 0 bridgehead atoms. The second-order valence-electron chi connectivity index (χ2n) is 7.96. The van der Waals surface area contributed by atoms with Gasteiger partial charge in [0.25, 0.3) is 0 Å². The average molecular weight is 398 g/mol. The quantitative estimate of drug-likeness (QED) is 0.449. The van der Waals surface area contributed by atoms with E-state index in [1.54, 1.807) is 12.4 Å². The molecule has 4 aromatic rings. The van der Waals surface area contributed by atoms with Crippen molar-refractivity contribution in [1.82, 2.24) is 14.9 Å². The van der Waals surface area contributed by atoms with Gasteiger partial charge in [0, 0.05) is 35.9 Å². The Morgan fingerprint density at radius 1 is 0.933 bits per heavy atom. The Bertz CT molecular complexity index is 1130. The molecule has 1 amide bonds. The molecule has 4 nitrogen and oxygen atoms in total. The number of hydrogen-bond acceptors (Lipinski definition) is 2. The first-order valence-electron chi connectivity index (χ1n) is 10.4. The zero-order valence-corrected chi connectivity index (χ0v) is 17.7. The molecule has 0 saturated carbocycles. The van der Waals surface area contributed by atoms with Crippen LogP contribution in [0, 0.1) is 0 Å². The number of H-pyrrole nitrogens is 1. The average Bonchev–Trinajstić information content (AvgIpc) is 3.17. The van der Waals surface area contributed by atoms with Crippen molar-refractivity contribution in [2.24, 2.45) is 0 Å². The minimum Gasteiger partial charge on any atom is -0.354 e. The molecule has 0 spiro atoms. The monoisotopic (exact) mass is 397 g/mol. The second kappa shape index (κ2) is 8.54. The number of fused-ring (bicyclic) bond motifs is 1. The van der Waals surface area contributed by atoms with Crippen LogP contribution in [0.3, 0.4) is 0 Å². The van der Waals surface area contributed by atoms with E-state index >= 15 is 0 Å². The molecule has 0 fully saturated rings. The van der Waals surface area contributed by atoms with Gasteiger partial charge in [0.2, 0.25) is 5.91 Å². The zero-order chi connectivity index (χ0) is 21.1. The summed E-state index contributed by atoms with van der Waals surface area (Å²) in [6.45, 7) is 6.73. The normalized spacial score (nSPS) is 12.3. The molecule has 2 heterocycles. The van der Waals surface area contributed by atoms with Gasteiger partial charge >= 0.3 is 0 Å². The topological polar surface area (TPSA) is 49.0 Å². The van der Waals surface area contributed by atoms with E-state index in [9.17, 15) is 4.79 Å². The largest absolute Gasteiger partial charge is 0.354 e. The van der Waals surface area contributed by atoms with E-state index in [-0.39, 0.29) is 17.9 Å². The predicted octanol–water partition coefficient (Wildman–Crippen LogP) is 5.77. The van der Waals surface area contributed by atoms with Gasteiger partial charge in [0.05, 0.1) is 11.6 Å². The third kappa shape index (κ3) is 3.86. The lowest BCUT2D eigenvalue weighted by Crippen LogP contribution is -2.39. The Labute approximate surface area is 177 Å². The molecule has 152 valence electrons. The van der Waals surface area contributed by atoms with Gasteiger partial charge in [-0.1, -0.05) is 48.5 Å². The molecule has 4 heteroatoms. The number of amides is 1. The summed E-state index contributed by atoms with van der Waals surface area (Å²) in [4.78, 5) is 23.3. The Morgan fingerprint density at radius 3 is 2.30 bits per heavy atom. The van der Waals surface area contributed by atoms with E-state index in [1.807, 2.05) is 54.3 Å². The van der Waals surface area contributed by atoms with E-state index in [1.165, 1.54) is 0 Å². The molecular formula is C26H27N3O. The number of aromatic nitrogens is 2. The molecule has 2 aromatic carbocycles. The number of nitrogens with one attached hydrogen (secondary N) is 1. The van der Waals surface area contributed by atoms with Gasteiger partial charge in [-0.2, -0.15) is 0 Å². The Hall–Kier alpha value is -3.40. The van der Waals surface area contributed by atoms with E-state index in [0.717, 1.165) is 33.3 Å². The zero-order valence-electron chi connectivity index (χ0n) is 17.7. The summed E-state index contributed by atoms with van der Waals surface area (Å²) in [6, 6.07) is 22.5. The molecule has 1 atom stereocenters. The van der Waals surface area contributed by atoms with Crippen LogP contribution >= 0.6 is 0 Å². The minimum atomic E-state index is -0.277. The molecule has 30 heavy (non-hydrogen) atoms. The molecule has 2 aromatic heterocycles. The molecule has 4 rings (SSSR count). The fourth-order valence-electron chi connectivity index (χ4n) is 4.02. The highest BCUT2D eigenvalue weighted by molar-refractivity contribution is 5.97. The first-order chi connectivity index (χ1) is 14.6. The summed E-state index contributed by atoms with van der Waals surface area (Å²) in [5.74, 6) is -0.149. The van der Waals surface area contributed by atoms with Gasteiger partial charge < -0.3 is 9.88 Å². The summed E-state index contributed by atoms with van der Waals surface area (Å²) < 4.78 is 0. The molecule has 0 aliphatic heterocycles. The van der Waals surface area contributed by atoms with Crippen LogP contribution in [0.5, 0.6) is 0 Å². The van der Waals surface area contributed by atoms with Crippen LogP contribution in [0.15, 0.2) is 79.1 Å². The number of aromatic amines is 1. The SMILES string of the molecule is CC(C(=O)N(Cc1ccncc1)C(C)C)c1c(-c2ccccc2)[nH]c2ccccc12. The highest BCUT2D eigenvalue weighted by atomic mass is 16.2. The van der Waals surface area contributed by atoms with Crippen LogP contribution < -0.4 is 0 Å². The maximum Gasteiger partial charge on any atom is 0.230 e. The fraction of sp³-hybridized carbons (Fsp3) is 0.231. The molecule has 0 aliphatic rings. The maximum atomic E-state index is 13.7. The number of para-hydroxylation sites is 1. The number of benzene rings is 2. The van der Waals surface area contributed by atoms with E-state index in [2.05, 4.69) is 48.1 Å². The second-order valence-corrected chi connectivity index (χ2v) is 7.96. The van der Waals surface area contributed by atoms with Crippen LogP contribution in [0.2, 0.25) is 0 Å². The number of carbonyl (C=O) groups excluding carboxylic acids is 1. The third-order valence-corrected chi connectivity index (χ3v) is 5.62. The first kappa shape index (κ1) is 19.9. The van der Waals surface area contributed by atoms with Gasteiger partial charge in [0.15, 0.2) is 0 Å². The predicted molar refractivity (Wildman–Crippen MR) is 122 cm³/mol. The Morgan fingerprint density at radius 2 is 1.60 bits per heavy atom. The molecule has 0 saturated heterocycles. The van der Waals surface area contributed by atoms with Gasteiger partial charge in [0.1, 0.15) is 0 Å². The molecule has 0 aliphatic carbocycles. The Kier molecular flexibility index (Phi) is 5.66. The number of carbonyl (C=O) groups is 1. The van der Waals surface area contributed by atoms with Crippen LogP contribution in [-0.2, 0) is 11.3 Å². The highest BCUT2D eigenvalue weighted by Gasteiger charge is 2.28. The summed E-state index contributed by atoms with van der Waals surface area (Å²) >= 11 is 0. The summed E-state index contributed by atoms with van der Waals surface area (Å²) in [5.41, 5.74) is 5.30. The van der Waals surface area contributed by atoms with Gasteiger partial charge in [-0.05, 0) is 55.7 Å². The van der Waals surface area contributed by atoms with E-state index < -0.39 is 0 Å². The van der Waals surface area contributed by atoms with Gasteiger partial charge in [-0.3, -0.25) is 9.78 Å². The lowest BCUT2D eigenvalue weighted by atomic mass is 9.93. The molecule has 1 unspecified atom stereocenters. The van der Waals surface area contributed by atoms with Crippen molar-refractivity contribution in [2.45, 2.75) is 39.3 Å². The number of pyridine rings is 1. The minimum absolute atomic E-state index is 0.0958. The van der Waals surface area contributed by atoms with Crippen molar-refractivity contribution in [3.63, 3.8) is 0 Å². The van der Waals surface area contributed by atoms with E-state index in [4.69, 9.17) is 0 Å². The summed E-state index contributed by atoms with van der Waals surface area (Å²) in [5, 5.41) is 1.10. The van der Waals surface area contributed by atoms with Gasteiger partial charge in [-0.25, -0.2) is 0 Å². The highest BCUT2D eigenvalue weighted by Crippen LogP contribution is 2.36.